The van der Waals surface area contributed by atoms with Gasteiger partial charge in [-0.1, -0.05) is 13.8 Å². The monoisotopic (exact) mass is 162 g/mol. The zero-order valence-electron chi connectivity index (χ0n) is 4.42. The van der Waals surface area contributed by atoms with Gasteiger partial charge in [0.15, 0.2) is 0 Å². The van der Waals surface area contributed by atoms with Crippen LogP contribution in [-0.4, -0.2) is 10.7 Å². The van der Waals surface area contributed by atoms with Gasteiger partial charge in [-0.05, 0) is 0 Å². The van der Waals surface area contributed by atoms with Crippen molar-refractivity contribution >= 4 is 34.8 Å². The quantitative estimate of drug-likeness (QED) is 0.521. The molecule has 0 aromatic heterocycles. The lowest BCUT2D eigenvalue weighted by Crippen LogP contribution is -1.82. The van der Waals surface area contributed by atoms with Crippen LogP contribution < -0.4 is 0 Å². The van der Waals surface area contributed by atoms with Gasteiger partial charge in [-0.3, -0.25) is 0 Å². The van der Waals surface area contributed by atoms with Gasteiger partial charge in [0.05, 0.1) is 5.88 Å². The molecule has 46 valence electrons. The Hall–Kier alpha value is 0.870. The first-order chi connectivity index (χ1) is 3.27. The van der Waals surface area contributed by atoms with Crippen molar-refractivity contribution in [3.8, 4) is 0 Å². The van der Waals surface area contributed by atoms with Crippen LogP contribution in [0.25, 0.3) is 0 Å². The number of hydrogen-bond donors (Lipinski definition) is 0. The molecule has 0 aliphatic heterocycles. The summed E-state index contributed by atoms with van der Waals surface area (Å²) in [5.74, 6) is 0.309. The van der Waals surface area contributed by atoms with Crippen molar-refractivity contribution in [2.45, 2.75) is 18.7 Å². The molecule has 0 heterocycles. The predicted octanol–water partition coefficient (Wildman–Crippen LogP) is 3.06. The van der Waals surface area contributed by atoms with Crippen molar-refractivity contribution in [1.82, 2.24) is 0 Å². The highest BCUT2D eigenvalue weighted by Crippen LogP contribution is 2.01. The van der Waals surface area contributed by atoms with Crippen LogP contribution in [0.1, 0.15) is 13.8 Å². The summed E-state index contributed by atoms with van der Waals surface area (Å²) in [4.78, 5) is -0.406. The van der Waals surface area contributed by atoms with E-state index in [2.05, 4.69) is 0 Å². The highest BCUT2D eigenvalue weighted by atomic mass is 35.5. The minimum atomic E-state index is -0.406. The van der Waals surface area contributed by atoms with E-state index in [0.717, 1.165) is 0 Å². The Bertz CT molecular complexity index is 20.9. The van der Waals surface area contributed by atoms with Gasteiger partial charge < -0.3 is 0 Å². The third-order valence-electron chi connectivity index (χ3n) is 0.117. The molecular formula is C4H9Cl3. The highest BCUT2D eigenvalue weighted by molar-refractivity contribution is 6.47. The number of rotatable bonds is 1. The van der Waals surface area contributed by atoms with Crippen LogP contribution >= 0.6 is 34.8 Å². The molecule has 0 fully saturated rings. The van der Waals surface area contributed by atoms with Crippen molar-refractivity contribution < 1.29 is 0 Å². The molecule has 0 amide bonds. The van der Waals surface area contributed by atoms with Crippen LogP contribution in [0.4, 0.5) is 0 Å². The SMILES string of the molecule is CC.ClCC(Cl)Cl. The van der Waals surface area contributed by atoms with Crippen LogP contribution in [-0.2, 0) is 0 Å². The summed E-state index contributed by atoms with van der Waals surface area (Å²) in [6.07, 6.45) is 0. The smallest absolute Gasteiger partial charge is 0.121 e. The summed E-state index contributed by atoms with van der Waals surface area (Å²) in [6.45, 7) is 4.00. The lowest BCUT2D eigenvalue weighted by Gasteiger charge is -1.82. The Morgan fingerprint density at radius 3 is 1.43 bits per heavy atom. The Morgan fingerprint density at radius 2 is 1.43 bits per heavy atom. The molecule has 0 saturated carbocycles. The molecule has 0 bridgehead atoms. The first-order valence-corrected chi connectivity index (χ1v) is 3.52. The summed E-state index contributed by atoms with van der Waals surface area (Å²) in [7, 11) is 0. The molecule has 0 aliphatic rings. The molecule has 0 aromatic carbocycles. The zero-order chi connectivity index (χ0) is 6.28. The lowest BCUT2D eigenvalue weighted by molar-refractivity contribution is 1.40. The van der Waals surface area contributed by atoms with Gasteiger partial charge in [0.25, 0.3) is 0 Å². The van der Waals surface area contributed by atoms with Crippen molar-refractivity contribution in [1.29, 1.82) is 0 Å². The topological polar surface area (TPSA) is 0 Å². The third kappa shape index (κ3) is 19.8. The maximum Gasteiger partial charge on any atom is 0.121 e. The van der Waals surface area contributed by atoms with E-state index < -0.39 is 4.84 Å². The fourth-order valence-electron chi connectivity index (χ4n) is 0. The molecule has 0 saturated heterocycles. The van der Waals surface area contributed by atoms with Crippen LogP contribution in [0, 0.1) is 0 Å². The molecule has 0 aromatic rings. The predicted molar refractivity (Wildman–Crippen MR) is 37.6 cm³/mol. The largest absolute Gasteiger partial charge is 0.124 e. The molecule has 0 aliphatic carbocycles. The van der Waals surface area contributed by atoms with Gasteiger partial charge in [-0.2, -0.15) is 0 Å². The fraction of sp³-hybridized carbons (Fsp3) is 1.00. The van der Waals surface area contributed by atoms with Gasteiger partial charge in [0.2, 0.25) is 0 Å². The van der Waals surface area contributed by atoms with E-state index in [0.29, 0.717) is 5.88 Å². The van der Waals surface area contributed by atoms with Gasteiger partial charge >= 0.3 is 0 Å². The van der Waals surface area contributed by atoms with E-state index in [1.54, 1.807) is 0 Å². The van der Waals surface area contributed by atoms with Gasteiger partial charge in [0, 0.05) is 0 Å². The Labute approximate surface area is 59.7 Å². The standard InChI is InChI=1S/C2H3Cl3.C2H6/c3-1-2(4)5;1-2/h2H,1H2;1-2H3. The van der Waals surface area contributed by atoms with Crippen LogP contribution in [0.3, 0.4) is 0 Å². The third-order valence-corrected chi connectivity index (χ3v) is 1.05. The van der Waals surface area contributed by atoms with Crippen LogP contribution in [0.15, 0.2) is 0 Å². The molecular weight excluding hydrogens is 154 g/mol. The minimum absolute atomic E-state index is 0.309. The van der Waals surface area contributed by atoms with Gasteiger partial charge in [0.1, 0.15) is 4.84 Å². The average molecular weight is 163 g/mol. The van der Waals surface area contributed by atoms with E-state index in [-0.39, 0.29) is 0 Å². The second kappa shape index (κ2) is 9.98. The summed E-state index contributed by atoms with van der Waals surface area (Å²) in [6, 6.07) is 0. The van der Waals surface area contributed by atoms with Crippen molar-refractivity contribution in [2.24, 2.45) is 0 Å². The normalized spacial score (nSPS) is 7.71. The van der Waals surface area contributed by atoms with E-state index in [1.807, 2.05) is 13.8 Å². The zero-order valence-corrected chi connectivity index (χ0v) is 6.69. The number of halogens is 3. The summed E-state index contributed by atoms with van der Waals surface area (Å²) in [5.41, 5.74) is 0. The average Bonchev–Trinajstić information content (AvgIpc) is 1.73. The summed E-state index contributed by atoms with van der Waals surface area (Å²) >= 11 is 15.3. The van der Waals surface area contributed by atoms with Crippen molar-refractivity contribution in [3.63, 3.8) is 0 Å². The molecule has 3 heteroatoms. The van der Waals surface area contributed by atoms with Crippen molar-refractivity contribution in [3.05, 3.63) is 0 Å². The van der Waals surface area contributed by atoms with Crippen molar-refractivity contribution in [2.75, 3.05) is 5.88 Å². The molecule has 0 rings (SSSR count). The lowest BCUT2D eigenvalue weighted by atomic mass is 10.9. The molecule has 0 atom stereocenters. The Morgan fingerprint density at radius 1 is 1.29 bits per heavy atom. The maximum absolute atomic E-state index is 5.10. The Balaban J connectivity index is 0. The van der Waals surface area contributed by atoms with E-state index in [4.69, 9.17) is 34.8 Å². The second-order valence-electron chi connectivity index (χ2n) is 0.545. The highest BCUT2D eigenvalue weighted by Gasteiger charge is 1.88. The first kappa shape index (κ1) is 10.8. The number of hydrogen-bond acceptors (Lipinski definition) is 0. The van der Waals surface area contributed by atoms with E-state index in [9.17, 15) is 0 Å². The minimum Gasteiger partial charge on any atom is -0.124 e. The molecule has 7 heavy (non-hydrogen) atoms. The summed E-state index contributed by atoms with van der Waals surface area (Å²) in [5, 5.41) is 0. The van der Waals surface area contributed by atoms with Gasteiger partial charge in [-0.15, -0.1) is 34.8 Å². The maximum atomic E-state index is 5.10. The second-order valence-corrected chi connectivity index (χ2v) is 2.13. The molecule has 0 nitrogen and oxygen atoms in total. The Kier molecular flexibility index (Phi) is 15.4. The fourth-order valence-corrected chi connectivity index (χ4v) is 0. The molecule has 0 N–H and O–H groups in total. The molecule has 0 radical (unpaired) electrons. The molecule has 0 spiro atoms. The van der Waals surface area contributed by atoms with E-state index in [1.165, 1.54) is 0 Å². The van der Waals surface area contributed by atoms with Crippen LogP contribution in [0.2, 0.25) is 0 Å². The van der Waals surface area contributed by atoms with Gasteiger partial charge in [-0.25, -0.2) is 0 Å². The first-order valence-electron chi connectivity index (χ1n) is 2.11. The van der Waals surface area contributed by atoms with Crippen LogP contribution in [0.5, 0.6) is 0 Å². The van der Waals surface area contributed by atoms with E-state index >= 15 is 0 Å². The number of alkyl halides is 3. The summed E-state index contributed by atoms with van der Waals surface area (Å²) < 4.78 is 0. The molecule has 0 unspecified atom stereocenters.